The van der Waals surface area contributed by atoms with E-state index in [9.17, 15) is 9.18 Å². The summed E-state index contributed by atoms with van der Waals surface area (Å²) in [5, 5.41) is 2.57. The van der Waals surface area contributed by atoms with Crippen molar-refractivity contribution >= 4 is 11.7 Å². The maximum absolute atomic E-state index is 13.3. The zero-order valence-corrected chi connectivity index (χ0v) is 8.75. The summed E-state index contributed by atoms with van der Waals surface area (Å²) >= 11 is 0. The summed E-state index contributed by atoms with van der Waals surface area (Å²) < 4.78 is 13.3. The van der Waals surface area contributed by atoms with Crippen molar-refractivity contribution in [3.05, 3.63) is 29.6 Å². The molecule has 0 bridgehead atoms. The number of amides is 2. The summed E-state index contributed by atoms with van der Waals surface area (Å²) in [7, 11) is 3.22. The van der Waals surface area contributed by atoms with Gasteiger partial charge in [0.2, 0.25) is 0 Å². The van der Waals surface area contributed by atoms with Gasteiger partial charge in [-0.15, -0.1) is 0 Å². The van der Waals surface area contributed by atoms with Crippen LogP contribution in [0, 0.1) is 5.82 Å². The SMILES string of the molecule is CN(C)C(=O)Nc1cccc(F)c1CN. The number of nitrogens with zero attached hydrogens (tertiary/aromatic N) is 1. The summed E-state index contributed by atoms with van der Waals surface area (Å²) in [4.78, 5) is 12.7. The largest absolute Gasteiger partial charge is 0.331 e. The minimum Gasteiger partial charge on any atom is -0.331 e. The van der Waals surface area contributed by atoms with Crippen LogP contribution in [0.1, 0.15) is 5.56 Å². The lowest BCUT2D eigenvalue weighted by Gasteiger charge is -2.14. The highest BCUT2D eigenvalue weighted by molar-refractivity contribution is 5.89. The van der Waals surface area contributed by atoms with E-state index in [2.05, 4.69) is 5.32 Å². The number of anilines is 1. The molecule has 0 aliphatic rings. The van der Waals surface area contributed by atoms with E-state index >= 15 is 0 Å². The Morgan fingerprint density at radius 1 is 1.53 bits per heavy atom. The summed E-state index contributed by atoms with van der Waals surface area (Å²) in [6.45, 7) is 0.0513. The molecule has 0 aliphatic heterocycles. The molecule has 0 heterocycles. The molecule has 0 fully saturated rings. The highest BCUT2D eigenvalue weighted by atomic mass is 19.1. The normalized spacial score (nSPS) is 9.87. The number of hydrogen-bond donors (Lipinski definition) is 2. The molecular weight excluding hydrogens is 197 g/mol. The molecule has 15 heavy (non-hydrogen) atoms. The predicted molar refractivity (Wildman–Crippen MR) is 57.0 cm³/mol. The third-order valence-corrected chi connectivity index (χ3v) is 1.97. The minimum atomic E-state index is -0.408. The van der Waals surface area contributed by atoms with E-state index in [1.807, 2.05) is 0 Å². The topological polar surface area (TPSA) is 58.4 Å². The molecular formula is C10H14FN3O. The van der Waals surface area contributed by atoms with Gasteiger partial charge in [-0.2, -0.15) is 0 Å². The molecule has 1 aromatic carbocycles. The summed E-state index contributed by atoms with van der Waals surface area (Å²) in [5.74, 6) is -0.408. The second-order valence-corrected chi connectivity index (χ2v) is 3.29. The number of carbonyl (C=O) groups excluding carboxylic acids is 1. The lowest BCUT2D eigenvalue weighted by molar-refractivity contribution is 0.230. The minimum absolute atomic E-state index is 0.0513. The average Bonchev–Trinajstić information content (AvgIpc) is 2.18. The molecule has 2 amide bonds. The molecule has 0 aromatic heterocycles. The van der Waals surface area contributed by atoms with Gasteiger partial charge in [0.15, 0.2) is 0 Å². The Labute approximate surface area is 87.9 Å². The van der Waals surface area contributed by atoms with Crippen molar-refractivity contribution in [1.29, 1.82) is 0 Å². The Morgan fingerprint density at radius 3 is 2.73 bits per heavy atom. The molecule has 0 saturated heterocycles. The predicted octanol–water partition coefficient (Wildman–Crippen LogP) is 1.38. The first-order chi connectivity index (χ1) is 7.06. The van der Waals surface area contributed by atoms with Gasteiger partial charge in [-0.05, 0) is 12.1 Å². The first-order valence-electron chi connectivity index (χ1n) is 4.52. The van der Waals surface area contributed by atoms with Gasteiger partial charge in [0.05, 0.1) is 0 Å². The van der Waals surface area contributed by atoms with Crippen molar-refractivity contribution in [2.75, 3.05) is 19.4 Å². The van der Waals surface area contributed by atoms with E-state index in [0.29, 0.717) is 11.3 Å². The van der Waals surface area contributed by atoms with Crippen LogP contribution in [0.15, 0.2) is 18.2 Å². The Kier molecular flexibility index (Phi) is 3.62. The van der Waals surface area contributed by atoms with E-state index in [4.69, 9.17) is 5.73 Å². The highest BCUT2D eigenvalue weighted by Gasteiger charge is 2.10. The van der Waals surface area contributed by atoms with Gasteiger partial charge < -0.3 is 16.0 Å². The van der Waals surface area contributed by atoms with Crippen LogP contribution in [0.25, 0.3) is 0 Å². The third kappa shape index (κ3) is 2.66. The molecule has 82 valence electrons. The van der Waals surface area contributed by atoms with Crippen LogP contribution < -0.4 is 11.1 Å². The van der Waals surface area contributed by atoms with Crippen molar-refractivity contribution in [2.45, 2.75) is 6.54 Å². The van der Waals surface area contributed by atoms with Gasteiger partial charge >= 0.3 is 6.03 Å². The van der Waals surface area contributed by atoms with E-state index < -0.39 is 5.82 Å². The fourth-order valence-corrected chi connectivity index (χ4v) is 1.11. The van der Waals surface area contributed by atoms with Crippen molar-refractivity contribution < 1.29 is 9.18 Å². The van der Waals surface area contributed by atoms with E-state index in [1.54, 1.807) is 20.2 Å². The Bertz CT molecular complexity index is 366. The van der Waals surface area contributed by atoms with Crippen molar-refractivity contribution in [3.8, 4) is 0 Å². The molecule has 0 atom stereocenters. The standard InChI is InChI=1S/C10H14FN3O/c1-14(2)10(15)13-9-5-3-4-8(11)7(9)6-12/h3-5H,6,12H2,1-2H3,(H,13,15). The second-order valence-electron chi connectivity index (χ2n) is 3.29. The number of nitrogens with one attached hydrogen (secondary N) is 1. The van der Waals surface area contributed by atoms with Crippen molar-refractivity contribution in [2.24, 2.45) is 5.73 Å². The number of hydrogen-bond acceptors (Lipinski definition) is 2. The van der Waals surface area contributed by atoms with Crippen LogP contribution in [0.4, 0.5) is 14.9 Å². The second kappa shape index (κ2) is 4.75. The van der Waals surface area contributed by atoms with Gasteiger partial charge in [0.25, 0.3) is 0 Å². The Hall–Kier alpha value is -1.62. The molecule has 0 spiro atoms. The first-order valence-corrected chi connectivity index (χ1v) is 4.52. The van der Waals surface area contributed by atoms with Crippen LogP contribution in [0.5, 0.6) is 0 Å². The number of carbonyl (C=O) groups is 1. The lowest BCUT2D eigenvalue weighted by atomic mass is 10.1. The molecule has 0 unspecified atom stereocenters. The number of halogens is 1. The molecule has 0 saturated carbocycles. The van der Waals surface area contributed by atoms with Gasteiger partial charge in [0.1, 0.15) is 5.82 Å². The molecule has 1 rings (SSSR count). The quantitative estimate of drug-likeness (QED) is 0.776. The van der Waals surface area contributed by atoms with E-state index in [-0.39, 0.29) is 12.6 Å². The van der Waals surface area contributed by atoms with Crippen LogP contribution in [0.3, 0.4) is 0 Å². The van der Waals surface area contributed by atoms with Gasteiger partial charge in [-0.25, -0.2) is 9.18 Å². The molecule has 5 heteroatoms. The Morgan fingerprint density at radius 2 is 2.20 bits per heavy atom. The van der Waals surface area contributed by atoms with Crippen LogP contribution in [-0.4, -0.2) is 25.0 Å². The highest BCUT2D eigenvalue weighted by Crippen LogP contribution is 2.18. The number of urea groups is 1. The number of rotatable bonds is 2. The molecule has 1 aromatic rings. The third-order valence-electron chi connectivity index (χ3n) is 1.97. The fraction of sp³-hybridized carbons (Fsp3) is 0.300. The zero-order chi connectivity index (χ0) is 11.4. The van der Waals surface area contributed by atoms with Gasteiger partial charge in [-0.3, -0.25) is 0 Å². The molecule has 3 N–H and O–H groups in total. The average molecular weight is 211 g/mol. The summed E-state index contributed by atoms with van der Waals surface area (Å²) in [6, 6.07) is 4.15. The summed E-state index contributed by atoms with van der Waals surface area (Å²) in [5.41, 5.74) is 6.12. The molecule has 0 aliphatic carbocycles. The number of benzene rings is 1. The Balaban J connectivity index is 2.94. The maximum Gasteiger partial charge on any atom is 0.321 e. The van der Waals surface area contributed by atoms with Crippen LogP contribution in [0.2, 0.25) is 0 Å². The van der Waals surface area contributed by atoms with Gasteiger partial charge in [0, 0.05) is 31.9 Å². The van der Waals surface area contributed by atoms with Crippen LogP contribution >= 0.6 is 0 Å². The summed E-state index contributed by atoms with van der Waals surface area (Å²) in [6.07, 6.45) is 0. The van der Waals surface area contributed by atoms with E-state index in [0.717, 1.165) is 0 Å². The fourth-order valence-electron chi connectivity index (χ4n) is 1.11. The van der Waals surface area contributed by atoms with Crippen molar-refractivity contribution in [1.82, 2.24) is 4.90 Å². The first kappa shape index (κ1) is 11.5. The van der Waals surface area contributed by atoms with Crippen molar-refractivity contribution in [3.63, 3.8) is 0 Å². The smallest absolute Gasteiger partial charge is 0.321 e. The van der Waals surface area contributed by atoms with E-state index in [1.165, 1.54) is 17.0 Å². The maximum atomic E-state index is 13.3. The monoisotopic (exact) mass is 211 g/mol. The molecule has 4 nitrogen and oxygen atoms in total. The van der Waals surface area contributed by atoms with Crippen LogP contribution in [-0.2, 0) is 6.54 Å². The van der Waals surface area contributed by atoms with Gasteiger partial charge in [-0.1, -0.05) is 6.07 Å². The molecule has 0 radical (unpaired) electrons. The zero-order valence-electron chi connectivity index (χ0n) is 8.75. The number of nitrogens with two attached hydrogens (primary N) is 1. The lowest BCUT2D eigenvalue weighted by Crippen LogP contribution is -2.28.